The van der Waals surface area contributed by atoms with Crippen molar-refractivity contribution in [2.24, 2.45) is 0 Å². The van der Waals surface area contributed by atoms with E-state index in [1.54, 1.807) is 17.2 Å². The van der Waals surface area contributed by atoms with Gasteiger partial charge in [-0.05, 0) is 18.6 Å². The van der Waals surface area contributed by atoms with Crippen molar-refractivity contribution in [1.29, 1.82) is 0 Å². The molecule has 0 aliphatic carbocycles. The molecule has 0 unspecified atom stereocenters. The number of anilines is 2. The molecule has 26 heavy (non-hydrogen) atoms. The second-order valence-corrected chi connectivity index (χ2v) is 6.23. The molecule has 0 atom stereocenters. The molecule has 1 fully saturated rings. The highest BCUT2D eigenvalue weighted by atomic mass is 15.4. The minimum Gasteiger partial charge on any atom is -0.353 e. The molecular formula is C16H18N10. The van der Waals surface area contributed by atoms with Gasteiger partial charge < -0.3 is 9.80 Å². The van der Waals surface area contributed by atoms with Gasteiger partial charge in [0.25, 0.3) is 5.78 Å². The standard InChI is InChI=1S/C16H18N10/c1-2-12-9-15(26-16(20-12)17-10-19-26)24-7-5-23(6-8-24)14-4-3-13-21-18-11-25(13)22-14/h3-4,9-11H,2,5-8H2,1H3. The van der Waals surface area contributed by atoms with Gasteiger partial charge in [-0.1, -0.05) is 6.92 Å². The van der Waals surface area contributed by atoms with Crippen LogP contribution in [0.2, 0.25) is 0 Å². The first kappa shape index (κ1) is 15.0. The largest absolute Gasteiger partial charge is 0.353 e. The summed E-state index contributed by atoms with van der Waals surface area (Å²) in [6.07, 6.45) is 4.05. The quantitative estimate of drug-likeness (QED) is 0.526. The molecule has 5 rings (SSSR count). The van der Waals surface area contributed by atoms with Gasteiger partial charge in [0, 0.05) is 37.9 Å². The molecule has 1 aliphatic rings. The van der Waals surface area contributed by atoms with Crippen molar-refractivity contribution in [2.75, 3.05) is 36.0 Å². The first-order valence-electron chi connectivity index (χ1n) is 8.68. The van der Waals surface area contributed by atoms with Crippen LogP contribution in [0.1, 0.15) is 12.6 Å². The van der Waals surface area contributed by atoms with Crippen molar-refractivity contribution in [2.45, 2.75) is 13.3 Å². The number of fused-ring (bicyclic) bond motifs is 2. The first-order chi connectivity index (χ1) is 12.8. The van der Waals surface area contributed by atoms with Gasteiger partial charge in [0.1, 0.15) is 24.3 Å². The number of rotatable bonds is 3. The zero-order valence-electron chi connectivity index (χ0n) is 14.4. The van der Waals surface area contributed by atoms with E-state index in [0.717, 1.165) is 55.6 Å². The van der Waals surface area contributed by atoms with E-state index in [4.69, 9.17) is 0 Å². The Kier molecular flexibility index (Phi) is 3.40. The fourth-order valence-electron chi connectivity index (χ4n) is 3.30. The third-order valence-corrected chi connectivity index (χ3v) is 4.72. The smallest absolute Gasteiger partial charge is 0.254 e. The van der Waals surface area contributed by atoms with Crippen molar-refractivity contribution in [3.63, 3.8) is 0 Å². The molecule has 0 amide bonds. The zero-order chi connectivity index (χ0) is 17.5. The zero-order valence-corrected chi connectivity index (χ0v) is 14.4. The molecule has 5 heterocycles. The second-order valence-electron chi connectivity index (χ2n) is 6.23. The molecule has 1 aliphatic heterocycles. The molecule has 0 spiro atoms. The van der Waals surface area contributed by atoms with Gasteiger partial charge in [0.2, 0.25) is 0 Å². The van der Waals surface area contributed by atoms with Gasteiger partial charge >= 0.3 is 0 Å². The van der Waals surface area contributed by atoms with Crippen LogP contribution in [0.4, 0.5) is 11.6 Å². The summed E-state index contributed by atoms with van der Waals surface area (Å²) in [6.45, 7) is 5.61. The second kappa shape index (κ2) is 5.90. The topological polar surface area (TPSA) is 92.6 Å². The molecule has 10 nitrogen and oxygen atoms in total. The first-order valence-corrected chi connectivity index (χ1v) is 8.68. The minimum atomic E-state index is 0.654. The average molecular weight is 350 g/mol. The van der Waals surface area contributed by atoms with Crippen LogP contribution in [0.3, 0.4) is 0 Å². The lowest BCUT2D eigenvalue weighted by Gasteiger charge is -2.36. The molecule has 0 radical (unpaired) electrons. The number of aryl methyl sites for hydroxylation is 1. The molecule has 10 heteroatoms. The van der Waals surface area contributed by atoms with Gasteiger partial charge in [-0.15, -0.1) is 15.3 Å². The van der Waals surface area contributed by atoms with Crippen LogP contribution < -0.4 is 9.80 Å². The number of piperazine rings is 1. The van der Waals surface area contributed by atoms with Crippen LogP contribution in [0.25, 0.3) is 11.4 Å². The highest BCUT2D eigenvalue weighted by Gasteiger charge is 2.21. The fourth-order valence-corrected chi connectivity index (χ4v) is 3.30. The van der Waals surface area contributed by atoms with Crippen LogP contribution in [-0.4, -0.2) is 65.6 Å². The van der Waals surface area contributed by atoms with Crippen molar-refractivity contribution in [3.8, 4) is 0 Å². The third-order valence-electron chi connectivity index (χ3n) is 4.72. The summed E-state index contributed by atoms with van der Waals surface area (Å²) < 4.78 is 3.52. The predicted molar refractivity (Wildman–Crippen MR) is 95.4 cm³/mol. The van der Waals surface area contributed by atoms with Gasteiger partial charge in [-0.2, -0.15) is 19.1 Å². The van der Waals surface area contributed by atoms with Crippen LogP contribution in [0.5, 0.6) is 0 Å². The van der Waals surface area contributed by atoms with Gasteiger partial charge in [-0.25, -0.2) is 4.98 Å². The highest BCUT2D eigenvalue weighted by Crippen LogP contribution is 2.20. The number of nitrogens with zero attached hydrogens (tertiary/aromatic N) is 10. The van der Waals surface area contributed by atoms with Crippen LogP contribution in [-0.2, 0) is 6.42 Å². The van der Waals surface area contributed by atoms with E-state index in [-0.39, 0.29) is 0 Å². The van der Waals surface area contributed by atoms with E-state index in [9.17, 15) is 0 Å². The summed E-state index contributed by atoms with van der Waals surface area (Å²) in [4.78, 5) is 13.4. The Hall–Kier alpha value is -3.30. The molecule has 0 saturated carbocycles. The van der Waals surface area contributed by atoms with Crippen LogP contribution in [0.15, 0.2) is 30.9 Å². The van der Waals surface area contributed by atoms with E-state index in [1.807, 2.05) is 16.6 Å². The van der Waals surface area contributed by atoms with Gasteiger partial charge in [0.05, 0.1) is 0 Å². The summed E-state index contributed by atoms with van der Waals surface area (Å²) in [5.41, 5.74) is 1.78. The minimum absolute atomic E-state index is 0.654. The van der Waals surface area contributed by atoms with E-state index in [1.165, 1.54) is 0 Å². The average Bonchev–Trinajstić information content (AvgIpc) is 3.35. The van der Waals surface area contributed by atoms with Crippen molar-refractivity contribution >= 4 is 23.1 Å². The van der Waals surface area contributed by atoms with Crippen molar-refractivity contribution in [1.82, 2.24) is 39.4 Å². The Balaban J connectivity index is 1.39. The molecular weight excluding hydrogens is 332 g/mol. The number of hydrogen-bond donors (Lipinski definition) is 0. The molecule has 1 saturated heterocycles. The number of aromatic nitrogens is 8. The Bertz CT molecular complexity index is 1060. The maximum absolute atomic E-state index is 4.59. The van der Waals surface area contributed by atoms with Crippen molar-refractivity contribution < 1.29 is 0 Å². The predicted octanol–water partition coefficient (Wildman–Crippen LogP) is 0.451. The van der Waals surface area contributed by atoms with Crippen LogP contribution >= 0.6 is 0 Å². The monoisotopic (exact) mass is 350 g/mol. The maximum atomic E-state index is 4.59. The molecule has 132 valence electrons. The Morgan fingerprint density at radius 1 is 1.08 bits per heavy atom. The van der Waals surface area contributed by atoms with E-state index < -0.39 is 0 Å². The fraction of sp³-hybridized carbons (Fsp3) is 0.375. The number of hydrogen-bond acceptors (Lipinski definition) is 8. The van der Waals surface area contributed by atoms with Gasteiger partial charge in [-0.3, -0.25) is 0 Å². The molecule has 0 N–H and O–H groups in total. The van der Waals surface area contributed by atoms with E-state index in [2.05, 4.69) is 53.2 Å². The molecule has 4 aromatic heterocycles. The molecule has 0 bridgehead atoms. The highest BCUT2D eigenvalue weighted by molar-refractivity contribution is 5.50. The van der Waals surface area contributed by atoms with Crippen LogP contribution in [0, 0.1) is 0 Å². The third kappa shape index (κ3) is 2.41. The molecule has 0 aromatic carbocycles. The SMILES string of the molecule is CCc1cc(N2CCN(c3ccc4nncn4n3)CC2)n2ncnc2n1. The van der Waals surface area contributed by atoms with Gasteiger partial charge in [0.15, 0.2) is 5.65 Å². The Morgan fingerprint density at radius 3 is 2.77 bits per heavy atom. The van der Waals surface area contributed by atoms with E-state index >= 15 is 0 Å². The lowest BCUT2D eigenvalue weighted by molar-refractivity contribution is 0.628. The maximum Gasteiger partial charge on any atom is 0.254 e. The lowest BCUT2D eigenvalue weighted by Crippen LogP contribution is -2.47. The summed E-state index contributed by atoms with van der Waals surface area (Å²) in [7, 11) is 0. The normalized spacial score (nSPS) is 15.3. The Labute approximate surface area is 149 Å². The van der Waals surface area contributed by atoms with Crippen molar-refractivity contribution in [3.05, 3.63) is 36.5 Å². The summed E-state index contributed by atoms with van der Waals surface area (Å²) in [6, 6.07) is 6.05. The van der Waals surface area contributed by atoms with E-state index in [0.29, 0.717) is 5.78 Å². The summed E-state index contributed by atoms with van der Waals surface area (Å²) in [5.74, 6) is 2.64. The summed E-state index contributed by atoms with van der Waals surface area (Å²) >= 11 is 0. The molecule has 4 aromatic rings. The summed E-state index contributed by atoms with van der Waals surface area (Å²) in [5, 5.41) is 16.8. The lowest BCUT2D eigenvalue weighted by atomic mass is 10.2. The Morgan fingerprint density at radius 2 is 1.92 bits per heavy atom.